The van der Waals surface area contributed by atoms with E-state index in [4.69, 9.17) is 0 Å². The van der Waals surface area contributed by atoms with Gasteiger partial charge in [0, 0.05) is 11.7 Å². The van der Waals surface area contributed by atoms with Gasteiger partial charge in [-0.15, -0.1) is 0 Å². The molecule has 1 fully saturated rings. The number of aryl methyl sites for hydroxylation is 2. The van der Waals surface area contributed by atoms with Crippen LogP contribution in [0.4, 0.5) is 5.69 Å². The third-order valence-corrected chi connectivity index (χ3v) is 3.40. The fourth-order valence-electron chi connectivity index (χ4n) is 2.04. The van der Waals surface area contributed by atoms with Gasteiger partial charge in [0.15, 0.2) is 0 Å². The molecule has 1 amide bonds. The quantitative estimate of drug-likeness (QED) is 0.837. The largest absolute Gasteiger partial charge is 0.324 e. The van der Waals surface area contributed by atoms with Crippen LogP contribution in [0.15, 0.2) is 18.2 Å². The van der Waals surface area contributed by atoms with Gasteiger partial charge < -0.3 is 10.6 Å². The molecule has 0 spiro atoms. The Morgan fingerprint density at radius 2 is 1.94 bits per heavy atom. The summed E-state index contributed by atoms with van der Waals surface area (Å²) in [6.45, 7) is 4.45. The Balaban J connectivity index is 1.88. The van der Waals surface area contributed by atoms with Crippen LogP contribution in [0, 0.1) is 13.8 Å². The van der Waals surface area contributed by atoms with E-state index in [1.165, 1.54) is 19.3 Å². The summed E-state index contributed by atoms with van der Waals surface area (Å²) in [6, 6.07) is 6.59. The zero-order valence-electron chi connectivity index (χ0n) is 10.5. The molecule has 0 bridgehead atoms. The molecule has 0 saturated heterocycles. The second-order valence-electron chi connectivity index (χ2n) is 4.82. The third kappa shape index (κ3) is 3.07. The van der Waals surface area contributed by atoms with Gasteiger partial charge in [0.05, 0.1) is 6.54 Å². The normalized spacial score (nSPS) is 15.4. The van der Waals surface area contributed by atoms with Gasteiger partial charge >= 0.3 is 0 Å². The zero-order valence-corrected chi connectivity index (χ0v) is 10.5. The number of rotatable bonds is 4. The molecule has 92 valence electrons. The second-order valence-corrected chi connectivity index (χ2v) is 4.82. The summed E-state index contributed by atoms with van der Waals surface area (Å²) in [4.78, 5) is 11.8. The van der Waals surface area contributed by atoms with Crippen LogP contribution in [-0.4, -0.2) is 18.5 Å². The van der Waals surface area contributed by atoms with Crippen molar-refractivity contribution < 1.29 is 4.79 Å². The van der Waals surface area contributed by atoms with Gasteiger partial charge in [-0.2, -0.15) is 0 Å². The fourth-order valence-corrected chi connectivity index (χ4v) is 2.04. The molecule has 2 N–H and O–H groups in total. The monoisotopic (exact) mass is 232 g/mol. The van der Waals surface area contributed by atoms with Crippen molar-refractivity contribution in [2.24, 2.45) is 0 Å². The molecule has 1 saturated carbocycles. The van der Waals surface area contributed by atoms with E-state index in [0.717, 1.165) is 16.8 Å². The van der Waals surface area contributed by atoms with Crippen LogP contribution in [0.2, 0.25) is 0 Å². The smallest absolute Gasteiger partial charge is 0.238 e. The van der Waals surface area contributed by atoms with Gasteiger partial charge in [-0.05, 0) is 37.8 Å². The fraction of sp³-hybridized carbons (Fsp3) is 0.500. The molecular weight excluding hydrogens is 212 g/mol. The Kier molecular flexibility index (Phi) is 3.79. The SMILES string of the molecule is Cc1cccc(C)c1NC(=O)CNC1CCC1. The molecule has 3 nitrogen and oxygen atoms in total. The second kappa shape index (κ2) is 5.32. The molecule has 0 heterocycles. The summed E-state index contributed by atoms with van der Waals surface area (Å²) in [7, 11) is 0. The highest BCUT2D eigenvalue weighted by Crippen LogP contribution is 2.20. The molecule has 1 aromatic rings. The molecule has 1 aromatic carbocycles. The van der Waals surface area contributed by atoms with E-state index in [9.17, 15) is 4.79 Å². The molecule has 0 aliphatic heterocycles. The topological polar surface area (TPSA) is 41.1 Å². The maximum atomic E-state index is 11.8. The van der Waals surface area contributed by atoms with Gasteiger partial charge in [-0.3, -0.25) is 4.79 Å². The maximum absolute atomic E-state index is 11.8. The van der Waals surface area contributed by atoms with Crippen molar-refractivity contribution in [2.45, 2.75) is 39.2 Å². The highest BCUT2D eigenvalue weighted by atomic mass is 16.1. The van der Waals surface area contributed by atoms with Crippen molar-refractivity contribution >= 4 is 11.6 Å². The number of benzene rings is 1. The zero-order chi connectivity index (χ0) is 12.3. The van der Waals surface area contributed by atoms with Crippen LogP contribution in [0.1, 0.15) is 30.4 Å². The number of carbonyl (C=O) groups excluding carboxylic acids is 1. The van der Waals surface area contributed by atoms with Gasteiger partial charge in [0.2, 0.25) is 5.91 Å². The minimum Gasteiger partial charge on any atom is -0.324 e. The summed E-state index contributed by atoms with van der Waals surface area (Å²) in [5.74, 6) is 0.0503. The van der Waals surface area contributed by atoms with Gasteiger partial charge in [0.25, 0.3) is 0 Å². The number of para-hydroxylation sites is 1. The molecular formula is C14H20N2O. The number of amides is 1. The Hall–Kier alpha value is -1.35. The average Bonchev–Trinajstić information content (AvgIpc) is 2.21. The molecule has 17 heavy (non-hydrogen) atoms. The first-order chi connectivity index (χ1) is 8.16. The Labute approximate surface area is 103 Å². The van der Waals surface area contributed by atoms with Crippen LogP contribution in [0.3, 0.4) is 0 Å². The molecule has 1 aliphatic rings. The van der Waals surface area contributed by atoms with E-state index in [1.54, 1.807) is 0 Å². The lowest BCUT2D eigenvalue weighted by atomic mass is 9.93. The highest BCUT2D eigenvalue weighted by Gasteiger charge is 2.17. The van der Waals surface area contributed by atoms with Crippen LogP contribution in [0.25, 0.3) is 0 Å². The molecule has 2 rings (SSSR count). The lowest BCUT2D eigenvalue weighted by Crippen LogP contribution is -2.40. The highest BCUT2D eigenvalue weighted by molar-refractivity contribution is 5.93. The lowest BCUT2D eigenvalue weighted by molar-refractivity contribution is -0.115. The van der Waals surface area contributed by atoms with Crippen LogP contribution >= 0.6 is 0 Å². The maximum Gasteiger partial charge on any atom is 0.238 e. The molecule has 0 unspecified atom stereocenters. The van der Waals surface area contributed by atoms with Gasteiger partial charge in [0.1, 0.15) is 0 Å². The Morgan fingerprint density at radius 1 is 1.29 bits per heavy atom. The summed E-state index contributed by atoms with van der Waals surface area (Å²) in [5.41, 5.74) is 3.18. The Bertz CT molecular complexity index is 390. The number of anilines is 1. The molecule has 0 atom stereocenters. The van der Waals surface area contributed by atoms with E-state index < -0.39 is 0 Å². The lowest BCUT2D eigenvalue weighted by Gasteiger charge is -2.26. The van der Waals surface area contributed by atoms with Crippen LogP contribution < -0.4 is 10.6 Å². The summed E-state index contributed by atoms with van der Waals surface area (Å²) >= 11 is 0. The van der Waals surface area contributed by atoms with Crippen molar-refractivity contribution in [3.8, 4) is 0 Å². The molecule has 0 radical (unpaired) electrons. The number of hydrogen-bond acceptors (Lipinski definition) is 2. The van der Waals surface area contributed by atoms with Crippen molar-refractivity contribution in [2.75, 3.05) is 11.9 Å². The standard InChI is InChI=1S/C14H20N2O/c1-10-5-3-6-11(2)14(10)16-13(17)9-15-12-7-4-8-12/h3,5-6,12,15H,4,7-9H2,1-2H3,(H,16,17). The molecule has 0 aromatic heterocycles. The van der Waals surface area contributed by atoms with Crippen molar-refractivity contribution in [1.82, 2.24) is 5.32 Å². The first kappa shape index (κ1) is 12.1. The number of hydrogen-bond donors (Lipinski definition) is 2. The van der Waals surface area contributed by atoms with E-state index >= 15 is 0 Å². The van der Waals surface area contributed by atoms with Gasteiger partial charge in [-0.25, -0.2) is 0 Å². The van der Waals surface area contributed by atoms with E-state index in [0.29, 0.717) is 12.6 Å². The van der Waals surface area contributed by atoms with E-state index in [1.807, 2.05) is 32.0 Å². The minimum absolute atomic E-state index is 0.0503. The summed E-state index contributed by atoms with van der Waals surface area (Å²) < 4.78 is 0. The van der Waals surface area contributed by atoms with E-state index in [2.05, 4.69) is 10.6 Å². The van der Waals surface area contributed by atoms with E-state index in [-0.39, 0.29) is 5.91 Å². The summed E-state index contributed by atoms with van der Waals surface area (Å²) in [6.07, 6.45) is 3.70. The first-order valence-corrected chi connectivity index (χ1v) is 6.26. The third-order valence-electron chi connectivity index (χ3n) is 3.40. The number of carbonyl (C=O) groups is 1. The average molecular weight is 232 g/mol. The first-order valence-electron chi connectivity index (χ1n) is 6.26. The predicted molar refractivity (Wildman–Crippen MR) is 70.2 cm³/mol. The number of nitrogens with one attached hydrogen (secondary N) is 2. The summed E-state index contributed by atoms with van der Waals surface area (Å²) in [5, 5.41) is 6.25. The van der Waals surface area contributed by atoms with Crippen molar-refractivity contribution in [1.29, 1.82) is 0 Å². The molecule has 1 aliphatic carbocycles. The van der Waals surface area contributed by atoms with Gasteiger partial charge in [-0.1, -0.05) is 24.6 Å². The van der Waals surface area contributed by atoms with Crippen LogP contribution in [-0.2, 0) is 4.79 Å². The predicted octanol–water partition coefficient (Wildman–Crippen LogP) is 2.38. The Morgan fingerprint density at radius 3 is 2.47 bits per heavy atom. The minimum atomic E-state index is 0.0503. The van der Waals surface area contributed by atoms with Crippen LogP contribution in [0.5, 0.6) is 0 Å². The van der Waals surface area contributed by atoms with Crippen molar-refractivity contribution in [3.63, 3.8) is 0 Å². The van der Waals surface area contributed by atoms with Crippen molar-refractivity contribution in [3.05, 3.63) is 29.3 Å². The molecule has 3 heteroatoms.